The molecule has 0 aromatic heterocycles. The molecular formula is C15H20FNO. The van der Waals surface area contributed by atoms with Crippen LogP contribution in [-0.2, 0) is 4.79 Å². The van der Waals surface area contributed by atoms with Gasteiger partial charge in [0.15, 0.2) is 5.78 Å². The zero-order valence-corrected chi connectivity index (χ0v) is 10.9. The molecule has 0 atom stereocenters. The number of rotatable bonds is 5. The highest BCUT2D eigenvalue weighted by molar-refractivity contribution is 5.85. The predicted octanol–water partition coefficient (Wildman–Crippen LogP) is 3.41. The molecule has 0 bridgehead atoms. The Balaban J connectivity index is 2.02. The number of likely N-dealkylation sites (N-methyl/N-ethyl adjacent to an activating group) is 1. The van der Waals surface area contributed by atoms with Gasteiger partial charge in [-0.2, -0.15) is 0 Å². The number of benzene rings is 1. The molecule has 0 amide bonds. The van der Waals surface area contributed by atoms with Crippen LogP contribution in [-0.4, -0.2) is 18.9 Å². The Morgan fingerprint density at radius 3 is 2.72 bits per heavy atom. The van der Waals surface area contributed by atoms with Crippen LogP contribution < -0.4 is 4.90 Å². The van der Waals surface area contributed by atoms with Gasteiger partial charge in [-0.25, -0.2) is 4.39 Å². The minimum Gasteiger partial charge on any atom is -0.364 e. The SMILES string of the molecule is CCN(CC(=O)C1CCCC1)c1cccc(F)c1. The van der Waals surface area contributed by atoms with E-state index in [1.165, 1.54) is 25.0 Å². The van der Waals surface area contributed by atoms with Crippen LogP contribution in [0.15, 0.2) is 24.3 Å². The molecular weight excluding hydrogens is 229 g/mol. The van der Waals surface area contributed by atoms with Crippen molar-refractivity contribution in [1.82, 2.24) is 0 Å². The van der Waals surface area contributed by atoms with Crippen LogP contribution in [0.1, 0.15) is 32.6 Å². The number of nitrogens with zero attached hydrogens (tertiary/aromatic N) is 1. The summed E-state index contributed by atoms with van der Waals surface area (Å²) >= 11 is 0. The topological polar surface area (TPSA) is 20.3 Å². The van der Waals surface area contributed by atoms with Crippen LogP contribution in [0.25, 0.3) is 0 Å². The fourth-order valence-corrected chi connectivity index (χ4v) is 2.62. The summed E-state index contributed by atoms with van der Waals surface area (Å²) in [6, 6.07) is 6.46. The number of Topliss-reactive ketones (excluding diaryl/α,β-unsaturated/α-hetero) is 1. The Bertz CT molecular complexity index is 413. The summed E-state index contributed by atoms with van der Waals surface area (Å²) < 4.78 is 13.2. The average Bonchev–Trinajstić information content (AvgIpc) is 2.89. The van der Waals surface area contributed by atoms with Gasteiger partial charge in [0.1, 0.15) is 5.82 Å². The average molecular weight is 249 g/mol. The summed E-state index contributed by atoms with van der Waals surface area (Å²) in [6.07, 6.45) is 4.39. The lowest BCUT2D eigenvalue weighted by Crippen LogP contribution is -2.32. The highest BCUT2D eigenvalue weighted by Crippen LogP contribution is 2.26. The number of carbonyl (C=O) groups excluding carboxylic acids is 1. The first-order valence-electron chi connectivity index (χ1n) is 6.74. The first kappa shape index (κ1) is 13.1. The van der Waals surface area contributed by atoms with Crippen molar-refractivity contribution in [1.29, 1.82) is 0 Å². The molecule has 0 radical (unpaired) electrons. The van der Waals surface area contributed by atoms with E-state index in [4.69, 9.17) is 0 Å². The number of carbonyl (C=O) groups is 1. The Kier molecular flexibility index (Phi) is 4.34. The van der Waals surface area contributed by atoms with E-state index in [0.717, 1.165) is 25.1 Å². The third-order valence-electron chi connectivity index (χ3n) is 3.71. The van der Waals surface area contributed by atoms with E-state index in [-0.39, 0.29) is 11.7 Å². The van der Waals surface area contributed by atoms with E-state index in [1.807, 2.05) is 17.9 Å². The van der Waals surface area contributed by atoms with E-state index >= 15 is 0 Å². The zero-order chi connectivity index (χ0) is 13.0. The van der Waals surface area contributed by atoms with Gasteiger partial charge in [-0.1, -0.05) is 18.9 Å². The number of anilines is 1. The monoisotopic (exact) mass is 249 g/mol. The van der Waals surface area contributed by atoms with Gasteiger partial charge in [0.2, 0.25) is 0 Å². The van der Waals surface area contributed by atoms with Crippen molar-refractivity contribution < 1.29 is 9.18 Å². The van der Waals surface area contributed by atoms with E-state index in [0.29, 0.717) is 12.3 Å². The number of ketones is 1. The lowest BCUT2D eigenvalue weighted by Gasteiger charge is -2.23. The van der Waals surface area contributed by atoms with Crippen LogP contribution >= 0.6 is 0 Å². The van der Waals surface area contributed by atoms with Crippen molar-refractivity contribution >= 4 is 11.5 Å². The molecule has 0 N–H and O–H groups in total. The predicted molar refractivity (Wildman–Crippen MR) is 71.3 cm³/mol. The molecule has 1 aliphatic rings. The highest BCUT2D eigenvalue weighted by atomic mass is 19.1. The molecule has 0 aliphatic heterocycles. The van der Waals surface area contributed by atoms with Crippen molar-refractivity contribution in [2.24, 2.45) is 5.92 Å². The molecule has 3 heteroatoms. The largest absolute Gasteiger partial charge is 0.364 e. The zero-order valence-electron chi connectivity index (χ0n) is 10.9. The van der Waals surface area contributed by atoms with Gasteiger partial charge in [0.25, 0.3) is 0 Å². The number of hydrogen-bond donors (Lipinski definition) is 0. The molecule has 98 valence electrons. The van der Waals surface area contributed by atoms with Crippen LogP contribution in [0.4, 0.5) is 10.1 Å². The fraction of sp³-hybridized carbons (Fsp3) is 0.533. The summed E-state index contributed by atoms with van der Waals surface area (Å²) in [5.41, 5.74) is 0.795. The number of hydrogen-bond acceptors (Lipinski definition) is 2. The summed E-state index contributed by atoms with van der Waals surface area (Å²) in [4.78, 5) is 14.1. The van der Waals surface area contributed by atoms with E-state index in [1.54, 1.807) is 6.07 Å². The maximum absolute atomic E-state index is 13.2. The minimum atomic E-state index is -0.251. The molecule has 1 fully saturated rings. The van der Waals surface area contributed by atoms with Gasteiger partial charge in [-0.15, -0.1) is 0 Å². The minimum absolute atomic E-state index is 0.229. The first-order chi connectivity index (χ1) is 8.70. The normalized spacial score (nSPS) is 15.9. The van der Waals surface area contributed by atoms with Gasteiger partial charge in [-0.05, 0) is 38.0 Å². The van der Waals surface area contributed by atoms with Crippen LogP contribution in [0.3, 0.4) is 0 Å². The van der Waals surface area contributed by atoms with Gasteiger partial charge >= 0.3 is 0 Å². The standard InChI is InChI=1S/C15H20FNO/c1-2-17(14-9-5-8-13(16)10-14)11-15(18)12-6-3-4-7-12/h5,8-10,12H,2-4,6-7,11H2,1H3. The van der Waals surface area contributed by atoms with Crippen LogP contribution in [0.2, 0.25) is 0 Å². The van der Waals surface area contributed by atoms with Crippen molar-refractivity contribution in [3.63, 3.8) is 0 Å². The fourth-order valence-electron chi connectivity index (χ4n) is 2.62. The Morgan fingerprint density at radius 2 is 2.11 bits per heavy atom. The summed E-state index contributed by atoms with van der Waals surface area (Å²) in [5, 5.41) is 0. The van der Waals surface area contributed by atoms with Gasteiger partial charge < -0.3 is 4.90 Å². The molecule has 1 aromatic carbocycles. The van der Waals surface area contributed by atoms with Crippen LogP contribution in [0.5, 0.6) is 0 Å². The Morgan fingerprint density at radius 1 is 1.39 bits per heavy atom. The van der Waals surface area contributed by atoms with Gasteiger partial charge in [0.05, 0.1) is 6.54 Å². The highest BCUT2D eigenvalue weighted by Gasteiger charge is 2.24. The smallest absolute Gasteiger partial charge is 0.155 e. The van der Waals surface area contributed by atoms with E-state index in [9.17, 15) is 9.18 Å². The molecule has 18 heavy (non-hydrogen) atoms. The van der Waals surface area contributed by atoms with Crippen LogP contribution in [0, 0.1) is 11.7 Å². The van der Waals surface area contributed by atoms with Gasteiger partial charge in [0, 0.05) is 18.2 Å². The summed E-state index contributed by atoms with van der Waals surface area (Å²) in [7, 11) is 0. The second-order valence-corrected chi connectivity index (χ2v) is 4.94. The molecule has 0 spiro atoms. The third-order valence-corrected chi connectivity index (χ3v) is 3.71. The Labute approximate surface area is 108 Å². The molecule has 2 rings (SSSR count). The number of halogens is 1. The molecule has 1 aliphatic carbocycles. The molecule has 2 nitrogen and oxygen atoms in total. The second-order valence-electron chi connectivity index (χ2n) is 4.94. The first-order valence-corrected chi connectivity index (χ1v) is 6.74. The molecule has 1 aromatic rings. The van der Waals surface area contributed by atoms with E-state index in [2.05, 4.69) is 0 Å². The summed E-state index contributed by atoms with van der Waals surface area (Å²) in [6.45, 7) is 3.12. The molecule has 0 unspecified atom stereocenters. The lowest BCUT2D eigenvalue weighted by molar-refractivity contribution is -0.121. The van der Waals surface area contributed by atoms with Crippen molar-refractivity contribution in [2.75, 3.05) is 18.0 Å². The summed E-state index contributed by atoms with van der Waals surface area (Å²) in [5.74, 6) is 0.283. The van der Waals surface area contributed by atoms with Crippen molar-refractivity contribution in [3.05, 3.63) is 30.1 Å². The second kappa shape index (κ2) is 5.98. The van der Waals surface area contributed by atoms with Crippen molar-refractivity contribution in [3.8, 4) is 0 Å². The third kappa shape index (κ3) is 3.09. The molecule has 1 saturated carbocycles. The maximum atomic E-state index is 13.2. The lowest BCUT2D eigenvalue weighted by atomic mass is 10.0. The molecule has 0 saturated heterocycles. The Hall–Kier alpha value is -1.38. The maximum Gasteiger partial charge on any atom is 0.155 e. The van der Waals surface area contributed by atoms with Crippen molar-refractivity contribution in [2.45, 2.75) is 32.6 Å². The quantitative estimate of drug-likeness (QED) is 0.797. The van der Waals surface area contributed by atoms with Gasteiger partial charge in [-0.3, -0.25) is 4.79 Å². The van der Waals surface area contributed by atoms with E-state index < -0.39 is 0 Å². The molecule has 0 heterocycles.